The van der Waals surface area contributed by atoms with Crippen LogP contribution >= 0.6 is 0 Å². The van der Waals surface area contributed by atoms with Crippen molar-refractivity contribution < 1.29 is 9.84 Å². The molecular formula is C13H14O2. The van der Waals surface area contributed by atoms with Gasteiger partial charge in [-0.25, -0.2) is 0 Å². The Morgan fingerprint density at radius 1 is 1.13 bits per heavy atom. The van der Waals surface area contributed by atoms with Crippen LogP contribution < -0.4 is 0 Å². The second-order valence-corrected chi connectivity index (χ2v) is 4.31. The predicted molar refractivity (Wildman–Crippen MR) is 58.3 cm³/mol. The monoisotopic (exact) mass is 202 g/mol. The van der Waals surface area contributed by atoms with Crippen LogP contribution in [0.2, 0.25) is 0 Å². The number of allylic oxidation sites excluding steroid dienone is 5. The molecule has 1 saturated heterocycles. The molecule has 2 heteroatoms. The topological polar surface area (TPSA) is 29.5 Å². The molecule has 2 nitrogen and oxygen atoms in total. The van der Waals surface area contributed by atoms with Crippen molar-refractivity contribution in [3.63, 3.8) is 0 Å². The van der Waals surface area contributed by atoms with E-state index in [1.807, 2.05) is 12.2 Å². The SMILES string of the molecule is OC1=CC=CC2OCC3C=CC=CC3C12. The maximum Gasteiger partial charge on any atom is 0.0988 e. The Morgan fingerprint density at radius 2 is 2.00 bits per heavy atom. The van der Waals surface area contributed by atoms with Crippen LogP contribution in [-0.4, -0.2) is 17.8 Å². The molecule has 0 radical (unpaired) electrons. The molecule has 15 heavy (non-hydrogen) atoms. The van der Waals surface area contributed by atoms with Crippen LogP contribution in [0.5, 0.6) is 0 Å². The third kappa shape index (κ3) is 1.37. The summed E-state index contributed by atoms with van der Waals surface area (Å²) in [5, 5.41) is 9.92. The average molecular weight is 202 g/mol. The number of aliphatic hydroxyl groups is 1. The molecule has 1 fully saturated rings. The first-order chi connectivity index (χ1) is 7.36. The van der Waals surface area contributed by atoms with Gasteiger partial charge in [-0.15, -0.1) is 0 Å². The summed E-state index contributed by atoms with van der Waals surface area (Å²) in [5.41, 5.74) is 0. The molecular weight excluding hydrogens is 188 g/mol. The normalized spacial score (nSPS) is 42.0. The summed E-state index contributed by atoms with van der Waals surface area (Å²) in [6.07, 6.45) is 14.2. The van der Waals surface area contributed by atoms with Crippen LogP contribution in [0, 0.1) is 17.8 Å². The van der Waals surface area contributed by atoms with E-state index in [0.29, 0.717) is 17.6 Å². The van der Waals surface area contributed by atoms with E-state index in [-0.39, 0.29) is 12.0 Å². The molecule has 4 atom stereocenters. The van der Waals surface area contributed by atoms with E-state index in [0.717, 1.165) is 6.61 Å². The zero-order valence-corrected chi connectivity index (χ0v) is 8.41. The molecule has 4 unspecified atom stereocenters. The van der Waals surface area contributed by atoms with Gasteiger partial charge in [-0.1, -0.05) is 36.5 Å². The van der Waals surface area contributed by atoms with E-state index >= 15 is 0 Å². The largest absolute Gasteiger partial charge is 0.512 e. The molecule has 1 aliphatic heterocycles. The van der Waals surface area contributed by atoms with Crippen molar-refractivity contribution in [2.75, 3.05) is 6.61 Å². The Balaban J connectivity index is 1.94. The lowest BCUT2D eigenvalue weighted by Gasteiger charge is -2.41. The molecule has 3 rings (SSSR count). The third-order valence-corrected chi connectivity index (χ3v) is 3.46. The molecule has 0 spiro atoms. The van der Waals surface area contributed by atoms with Gasteiger partial charge in [0.1, 0.15) is 0 Å². The standard InChI is InChI=1S/C13H14O2/c14-11-6-3-7-12-13(11)10-5-2-1-4-9(10)8-15-12/h1-7,9-10,12-14H,8H2. The molecule has 2 aliphatic carbocycles. The summed E-state index contributed by atoms with van der Waals surface area (Å²) in [7, 11) is 0. The van der Waals surface area contributed by atoms with Gasteiger partial charge >= 0.3 is 0 Å². The van der Waals surface area contributed by atoms with Gasteiger partial charge in [-0.05, 0) is 12.0 Å². The van der Waals surface area contributed by atoms with Crippen LogP contribution in [0.1, 0.15) is 0 Å². The molecule has 0 amide bonds. The first kappa shape index (κ1) is 8.98. The van der Waals surface area contributed by atoms with E-state index in [2.05, 4.69) is 24.3 Å². The Labute approximate surface area is 89.3 Å². The molecule has 1 heterocycles. The number of hydrogen-bond acceptors (Lipinski definition) is 2. The molecule has 3 aliphatic rings. The number of aliphatic hydroxyl groups excluding tert-OH is 1. The molecule has 0 bridgehead atoms. The highest BCUT2D eigenvalue weighted by atomic mass is 16.5. The minimum absolute atomic E-state index is 0.0485. The quantitative estimate of drug-likeness (QED) is 0.653. The summed E-state index contributed by atoms with van der Waals surface area (Å²) < 4.78 is 5.75. The minimum Gasteiger partial charge on any atom is -0.512 e. The zero-order chi connectivity index (χ0) is 10.3. The van der Waals surface area contributed by atoms with Crippen LogP contribution in [0.3, 0.4) is 0 Å². The smallest absolute Gasteiger partial charge is 0.0988 e. The fourth-order valence-electron chi connectivity index (χ4n) is 2.68. The summed E-state index contributed by atoms with van der Waals surface area (Å²) in [4.78, 5) is 0. The van der Waals surface area contributed by atoms with E-state index in [4.69, 9.17) is 4.74 Å². The first-order valence-electron chi connectivity index (χ1n) is 5.40. The maximum absolute atomic E-state index is 9.92. The lowest BCUT2D eigenvalue weighted by atomic mass is 9.72. The molecule has 78 valence electrons. The number of hydrogen-bond donors (Lipinski definition) is 1. The van der Waals surface area contributed by atoms with Crippen molar-refractivity contribution >= 4 is 0 Å². The lowest BCUT2D eigenvalue weighted by molar-refractivity contribution is -0.0421. The minimum atomic E-state index is 0.0485. The van der Waals surface area contributed by atoms with Gasteiger partial charge in [0.05, 0.1) is 24.4 Å². The van der Waals surface area contributed by atoms with Gasteiger partial charge in [-0.2, -0.15) is 0 Å². The van der Waals surface area contributed by atoms with Gasteiger partial charge in [-0.3, -0.25) is 0 Å². The number of fused-ring (bicyclic) bond motifs is 3. The Kier molecular flexibility index (Phi) is 2.03. The molecule has 0 aromatic heterocycles. The van der Waals surface area contributed by atoms with E-state index in [1.165, 1.54) is 0 Å². The Hall–Kier alpha value is -1.28. The average Bonchev–Trinajstić information content (AvgIpc) is 2.29. The fourth-order valence-corrected chi connectivity index (χ4v) is 2.68. The van der Waals surface area contributed by atoms with Crippen LogP contribution in [0.4, 0.5) is 0 Å². The summed E-state index contributed by atoms with van der Waals surface area (Å²) in [5.74, 6) is 1.36. The summed E-state index contributed by atoms with van der Waals surface area (Å²) >= 11 is 0. The molecule has 0 saturated carbocycles. The van der Waals surface area contributed by atoms with E-state index < -0.39 is 0 Å². The van der Waals surface area contributed by atoms with Gasteiger partial charge in [0.15, 0.2) is 0 Å². The molecule has 0 aromatic rings. The highest BCUT2D eigenvalue weighted by Gasteiger charge is 2.40. The molecule has 0 aromatic carbocycles. The van der Waals surface area contributed by atoms with Crippen molar-refractivity contribution in [3.05, 3.63) is 48.3 Å². The number of rotatable bonds is 0. The Bertz CT molecular complexity index is 376. The van der Waals surface area contributed by atoms with Gasteiger partial charge < -0.3 is 9.84 Å². The molecule has 1 N–H and O–H groups in total. The van der Waals surface area contributed by atoms with E-state index in [9.17, 15) is 5.11 Å². The third-order valence-electron chi connectivity index (χ3n) is 3.46. The second-order valence-electron chi connectivity index (χ2n) is 4.31. The van der Waals surface area contributed by atoms with Crippen molar-refractivity contribution in [1.29, 1.82) is 0 Å². The first-order valence-corrected chi connectivity index (χ1v) is 5.40. The number of ether oxygens (including phenoxy) is 1. The van der Waals surface area contributed by atoms with Crippen LogP contribution in [0.15, 0.2) is 48.3 Å². The predicted octanol–water partition coefficient (Wildman–Crippen LogP) is 2.37. The highest BCUT2D eigenvalue weighted by Crippen LogP contribution is 2.40. The zero-order valence-electron chi connectivity index (χ0n) is 8.41. The van der Waals surface area contributed by atoms with Gasteiger partial charge in [0.25, 0.3) is 0 Å². The van der Waals surface area contributed by atoms with Crippen LogP contribution in [-0.2, 0) is 4.74 Å². The lowest BCUT2D eigenvalue weighted by Crippen LogP contribution is -2.42. The van der Waals surface area contributed by atoms with Crippen molar-refractivity contribution in [1.82, 2.24) is 0 Å². The summed E-state index contributed by atoms with van der Waals surface area (Å²) in [6, 6.07) is 0. The fraction of sp³-hybridized carbons (Fsp3) is 0.385. The van der Waals surface area contributed by atoms with Crippen molar-refractivity contribution in [2.45, 2.75) is 6.10 Å². The van der Waals surface area contributed by atoms with Crippen LogP contribution in [0.25, 0.3) is 0 Å². The highest BCUT2D eigenvalue weighted by molar-refractivity contribution is 5.27. The van der Waals surface area contributed by atoms with Gasteiger partial charge in [0.2, 0.25) is 0 Å². The Morgan fingerprint density at radius 3 is 2.93 bits per heavy atom. The van der Waals surface area contributed by atoms with Crippen molar-refractivity contribution in [3.8, 4) is 0 Å². The van der Waals surface area contributed by atoms with Crippen molar-refractivity contribution in [2.24, 2.45) is 17.8 Å². The second kappa shape index (κ2) is 3.38. The van der Waals surface area contributed by atoms with Gasteiger partial charge in [0, 0.05) is 5.92 Å². The van der Waals surface area contributed by atoms with E-state index in [1.54, 1.807) is 6.08 Å². The summed E-state index contributed by atoms with van der Waals surface area (Å²) in [6.45, 7) is 0.754. The maximum atomic E-state index is 9.92.